The van der Waals surface area contributed by atoms with Crippen molar-refractivity contribution >= 4 is 11.8 Å². The van der Waals surface area contributed by atoms with Gasteiger partial charge in [-0.15, -0.1) is 0 Å². The van der Waals surface area contributed by atoms with Gasteiger partial charge in [-0.2, -0.15) is 0 Å². The normalized spacial score (nSPS) is 11.9. The van der Waals surface area contributed by atoms with Crippen molar-refractivity contribution in [3.63, 3.8) is 0 Å². The number of carbonyl (C=O) groups is 2. The fraction of sp³-hybridized carbons (Fsp3) is 0.333. The number of ether oxygens (including phenoxy) is 1. The van der Waals surface area contributed by atoms with Crippen molar-refractivity contribution in [3.8, 4) is 0 Å². The molecule has 0 heterocycles. The van der Waals surface area contributed by atoms with E-state index in [1.54, 1.807) is 24.3 Å². The average molecular weight is 222 g/mol. The maximum absolute atomic E-state index is 11.0. The molecule has 0 aliphatic rings. The topological polar surface area (TPSA) is 63.6 Å². The highest BCUT2D eigenvalue weighted by atomic mass is 16.5. The number of Topliss-reactive ketones (excluding diaryl/α,β-unsaturated/α-hetero) is 1. The molecule has 1 unspecified atom stereocenters. The molecule has 0 bridgehead atoms. The summed E-state index contributed by atoms with van der Waals surface area (Å²) in [6.45, 7) is 1.33. The Morgan fingerprint density at radius 3 is 2.31 bits per heavy atom. The molecule has 86 valence electrons. The lowest BCUT2D eigenvalue weighted by Gasteiger charge is -2.07. The Morgan fingerprint density at radius 1 is 1.31 bits per heavy atom. The summed E-state index contributed by atoms with van der Waals surface area (Å²) in [5.74, 6) is -0.624. The number of hydrogen-bond acceptors (Lipinski definition) is 4. The standard InChI is InChI=1S/C12H14O4/c1-8(13)12(15)10-5-3-9(4-6-10)7-11(14)16-2/h3-6,12,15H,7H2,1-2H3. The number of ketones is 1. The Morgan fingerprint density at radius 2 is 1.88 bits per heavy atom. The number of methoxy groups -OCH3 is 1. The number of carbonyl (C=O) groups excluding carboxylic acids is 2. The van der Waals surface area contributed by atoms with Crippen LogP contribution >= 0.6 is 0 Å². The highest BCUT2D eigenvalue weighted by molar-refractivity contribution is 5.81. The maximum Gasteiger partial charge on any atom is 0.309 e. The minimum Gasteiger partial charge on any atom is -0.469 e. The van der Waals surface area contributed by atoms with Gasteiger partial charge < -0.3 is 9.84 Å². The Hall–Kier alpha value is -1.68. The molecule has 0 amide bonds. The van der Waals surface area contributed by atoms with Crippen molar-refractivity contribution in [3.05, 3.63) is 35.4 Å². The summed E-state index contributed by atoms with van der Waals surface area (Å²) in [6.07, 6.45) is -0.903. The zero-order valence-corrected chi connectivity index (χ0v) is 9.27. The number of aliphatic hydroxyl groups excluding tert-OH is 1. The van der Waals surface area contributed by atoms with Gasteiger partial charge in [-0.1, -0.05) is 24.3 Å². The van der Waals surface area contributed by atoms with Gasteiger partial charge in [0.25, 0.3) is 0 Å². The minimum atomic E-state index is -1.09. The van der Waals surface area contributed by atoms with Crippen molar-refractivity contribution in [2.75, 3.05) is 7.11 Å². The van der Waals surface area contributed by atoms with Gasteiger partial charge in [-0.05, 0) is 18.1 Å². The molecule has 0 saturated carbocycles. The highest BCUT2D eigenvalue weighted by Gasteiger charge is 2.12. The lowest BCUT2D eigenvalue weighted by atomic mass is 10.0. The van der Waals surface area contributed by atoms with Gasteiger partial charge in [0.15, 0.2) is 5.78 Å². The van der Waals surface area contributed by atoms with Crippen LogP contribution in [0.2, 0.25) is 0 Å². The third kappa shape index (κ3) is 3.17. The number of esters is 1. The van der Waals surface area contributed by atoms with Gasteiger partial charge in [-0.25, -0.2) is 0 Å². The second kappa shape index (κ2) is 5.42. The third-order valence-electron chi connectivity index (χ3n) is 2.26. The number of aliphatic hydroxyl groups is 1. The molecule has 0 fully saturated rings. The van der Waals surface area contributed by atoms with Gasteiger partial charge in [0.2, 0.25) is 0 Å². The van der Waals surface area contributed by atoms with E-state index in [1.165, 1.54) is 14.0 Å². The van der Waals surface area contributed by atoms with Crippen LogP contribution in [0, 0.1) is 0 Å². The van der Waals surface area contributed by atoms with E-state index in [-0.39, 0.29) is 18.2 Å². The smallest absolute Gasteiger partial charge is 0.309 e. The van der Waals surface area contributed by atoms with Gasteiger partial charge in [0.1, 0.15) is 6.10 Å². The lowest BCUT2D eigenvalue weighted by Crippen LogP contribution is -2.08. The predicted molar refractivity (Wildman–Crippen MR) is 57.8 cm³/mol. The van der Waals surface area contributed by atoms with E-state index in [1.807, 2.05) is 0 Å². The van der Waals surface area contributed by atoms with Crippen LogP contribution < -0.4 is 0 Å². The summed E-state index contributed by atoms with van der Waals surface area (Å²) >= 11 is 0. The summed E-state index contributed by atoms with van der Waals surface area (Å²) in [6, 6.07) is 6.64. The van der Waals surface area contributed by atoms with Crippen LogP contribution in [0.15, 0.2) is 24.3 Å². The average Bonchev–Trinajstić information content (AvgIpc) is 2.28. The van der Waals surface area contributed by atoms with Gasteiger partial charge in [0, 0.05) is 0 Å². The first-order valence-corrected chi connectivity index (χ1v) is 4.88. The molecule has 0 aliphatic heterocycles. The second-order valence-electron chi connectivity index (χ2n) is 3.51. The highest BCUT2D eigenvalue weighted by Crippen LogP contribution is 2.14. The molecule has 0 radical (unpaired) electrons. The summed E-state index contributed by atoms with van der Waals surface area (Å²) in [5.41, 5.74) is 1.31. The number of rotatable bonds is 4. The Bertz CT molecular complexity index is 381. The first-order valence-electron chi connectivity index (χ1n) is 4.88. The van der Waals surface area contributed by atoms with Crippen LogP contribution in [0.25, 0.3) is 0 Å². The monoisotopic (exact) mass is 222 g/mol. The zero-order valence-electron chi connectivity index (χ0n) is 9.27. The van der Waals surface area contributed by atoms with Gasteiger partial charge in [0.05, 0.1) is 13.5 Å². The molecule has 0 aromatic heterocycles. The number of hydrogen-bond donors (Lipinski definition) is 1. The Kier molecular flexibility index (Phi) is 4.19. The summed E-state index contributed by atoms with van der Waals surface area (Å²) in [4.78, 5) is 21.9. The van der Waals surface area contributed by atoms with Crippen molar-refractivity contribution in [1.29, 1.82) is 0 Å². The van der Waals surface area contributed by atoms with Crippen molar-refractivity contribution < 1.29 is 19.4 Å². The molecular formula is C12H14O4. The van der Waals surface area contributed by atoms with Crippen LogP contribution in [-0.2, 0) is 20.7 Å². The van der Waals surface area contributed by atoms with Crippen LogP contribution in [0.3, 0.4) is 0 Å². The van der Waals surface area contributed by atoms with Crippen LogP contribution in [0.1, 0.15) is 24.2 Å². The van der Waals surface area contributed by atoms with Crippen LogP contribution in [0.5, 0.6) is 0 Å². The van der Waals surface area contributed by atoms with E-state index in [4.69, 9.17) is 0 Å². The maximum atomic E-state index is 11.0. The molecule has 16 heavy (non-hydrogen) atoms. The van der Waals surface area contributed by atoms with E-state index in [0.717, 1.165) is 5.56 Å². The Balaban J connectivity index is 2.75. The molecule has 1 aromatic carbocycles. The lowest BCUT2D eigenvalue weighted by molar-refractivity contribution is -0.139. The SMILES string of the molecule is COC(=O)Cc1ccc(C(O)C(C)=O)cc1. The summed E-state index contributed by atoms with van der Waals surface area (Å²) in [5, 5.41) is 9.48. The molecule has 0 saturated heterocycles. The third-order valence-corrected chi connectivity index (χ3v) is 2.26. The second-order valence-corrected chi connectivity index (χ2v) is 3.51. The molecule has 0 aliphatic carbocycles. The van der Waals surface area contributed by atoms with Crippen molar-refractivity contribution in [2.24, 2.45) is 0 Å². The zero-order chi connectivity index (χ0) is 12.1. The largest absolute Gasteiger partial charge is 0.469 e. The van der Waals surface area contributed by atoms with E-state index in [0.29, 0.717) is 5.56 Å². The quantitative estimate of drug-likeness (QED) is 0.773. The number of benzene rings is 1. The molecule has 4 heteroatoms. The van der Waals surface area contributed by atoms with E-state index in [2.05, 4.69) is 4.74 Å². The predicted octanol–water partition coefficient (Wildman–Crippen LogP) is 1.02. The van der Waals surface area contributed by atoms with E-state index >= 15 is 0 Å². The van der Waals surface area contributed by atoms with Crippen LogP contribution in [0.4, 0.5) is 0 Å². The summed E-state index contributed by atoms with van der Waals surface area (Å²) < 4.78 is 4.53. The molecule has 1 rings (SSSR count). The first kappa shape index (κ1) is 12.4. The van der Waals surface area contributed by atoms with Gasteiger partial charge >= 0.3 is 5.97 Å². The Labute approximate surface area is 93.9 Å². The van der Waals surface area contributed by atoms with E-state index < -0.39 is 6.10 Å². The van der Waals surface area contributed by atoms with E-state index in [9.17, 15) is 14.7 Å². The molecule has 1 N–H and O–H groups in total. The molecule has 0 spiro atoms. The minimum absolute atomic E-state index is 0.187. The fourth-order valence-electron chi connectivity index (χ4n) is 1.29. The van der Waals surface area contributed by atoms with Crippen LogP contribution in [-0.4, -0.2) is 24.0 Å². The molecule has 4 nitrogen and oxygen atoms in total. The fourth-order valence-corrected chi connectivity index (χ4v) is 1.29. The first-order chi connectivity index (χ1) is 7.54. The van der Waals surface area contributed by atoms with Crippen molar-refractivity contribution in [2.45, 2.75) is 19.4 Å². The molecule has 1 aromatic rings. The van der Waals surface area contributed by atoms with Crippen molar-refractivity contribution in [1.82, 2.24) is 0 Å². The van der Waals surface area contributed by atoms with Gasteiger partial charge in [-0.3, -0.25) is 9.59 Å². The summed E-state index contributed by atoms with van der Waals surface area (Å²) in [7, 11) is 1.33. The molecular weight excluding hydrogens is 208 g/mol. The molecule has 1 atom stereocenters.